The van der Waals surface area contributed by atoms with Gasteiger partial charge in [0.25, 0.3) is 0 Å². The number of hydrogen-bond donors (Lipinski definition) is 0. The maximum absolute atomic E-state index is 3.96. The minimum atomic E-state index is 0.827. The Hall–Kier alpha value is -1.04. The summed E-state index contributed by atoms with van der Waals surface area (Å²) in [6.45, 7) is 6.05. The van der Waals surface area contributed by atoms with Crippen LogP contribution in [0, 0.1) is 0 Å². The third-order valence-corrected chi connectivity index (χ3v) is 3.56. The van der Waals surface area contributed by atoms with Crippen LogP contribution in [0.3, 0.4) is 0 Å². The lowest BCUT2D eigenvalue weighted by Crippen LogP contribution is -2.04. The first kappa shape index (κ1) is 11.4. The Bertz CT molecular complexity index is 339. The van der Waals surface area contributed by atoms with Gasteiger partial charge in [0.2, 0.25) is 0 Å². The number of hydrogen-bond acceptors (Lipinski definition) is 0. The lowest BCUT2D eigenvalue weighted by molar-refractivity contribution is 0.443. The van der Waals surface area contributed by atoms with E-state index in [0.717, 1.165) is 12.3 Å². The van der Waals surface area contributed by atoms with Crippen LogP contribution in [0.2, 0.25) is 0 Å². The molecule has 1 saturated carbocycles. The Kier molecular flexibility index (Phi) is 3.82. The Morgan fingerprint density at radius 1 is 1.12 bits per heavy atom. The maximum Gasteiger partial charge on any atom is -0.00726 e. The van der Waals surface area contributed by atoms with Gasteiger partial charge in [-0.25, -0.2) is 0 Å². The van der Waals surface area contributed by atoms with E-state index >= 15 is 0 Å². The third kappa shape index (κ3) is 2.98. The molecule has 0 bridgehead atoms. The molecular weight excluding hydrogens is 192 g/mol. The van der Waals surface area contributed by atoms with Crippen molar-refractivity contribution in [3.05, 3.63) is 47.5 Å². The highest BCUT2D eigenvalue weighted by Gasteiger charge is 2.14. The van der Waals surface area contributed by atoms with Crippen molar-refractivity contribution in [3.63, 3.8) is 0 Å². The summed E-state index contributed by atoms with van der Waals surface area (Å²) in [6.07, 6.45) is 8.06. The standard InChI is InChI=1S/C16H22/c1-13(2)12-14-8-10-16(11-9-14)15-6-4-3-5-7-15/h8-11,15H,1,3-7,12H2,2H3. The topological polar surface area (TPSA) is 0 Å². The van der Waals surface area contributed by atoms with Gasteiger partial charge in [0.05, 0.1) is 0 Å². The van der Waals surface area contributed by atoms with E-state index in [1.54, 1.807) is 5.56 Å². The summed E-state index contributed by atoms with van der Waals surface area (Å²) in [5.74, 6) is 0.827. The highest BCUT2D eigenvalue weighted by atomic mass is 14.2. The largest absolute Gasteiger partial charge is 0.0998 e. The molecule has 0 unspecified atom stereocenters. The zero-order chi connectivity index (χ0) is 11.4. The van der Waals surface area contributed by atoms with Crippen molar-refractivity contribution in [2.45, 2.75) is 51.4 Å². The fourth-order valence-electron chi connectivity index (χ4n) is 2.69. The predicted molar refractivity (Wildman–Crippen MR) is 70.8 cm³/mol. The molecule has 1 aliphatic rings. The van der Waals surface area contributed by atoms with Gasteiger partial charge in [-0.2, -0.15) is 0 Å². The molecule has 1 fully saturated rings. The number of rotatable bonds is 3. The normalized spacial score (nSPS) is 17.3. The molecule has 0 spiro atoms. The van der Waals surface area contributed by atoms with E-state index in [-0.39, 0.29) is 0 Å². The fourth-order valence-corrected chi connectivity index (χ4v) is 2.69. The second-order valence-electron chi connectivity index (χ2n) is 5.21. The molecule has 1 aromatic rings. The van der Waals surface area contributed by atoms with Gasteiger partial charge < -0.3 is 0 Å². The Morgan fingerprint density at radius 3 is 2.31 bits per heavy atom. The molecule has 0 aliphatic heterocycles. The quantitative estimate of drug-likeness (QED) is 0.631. The van der Waals surface area contributed by atoms with E-state index in [1.165, 1.54) is 43.2 Å². The summed E-state index contributed by atoms with van der Waals surface area (Å²) in [6, 6.07) is 9.21. The minimum absolute atomic E-state index is 0.827. The van der Waals surface area contributed by atoms with Crippen LogP contribution in [0.15, 0.2) is 36.4 Å². The summed E-state index contributed by atoms with van der Waals surface area (Å²) in [7, 11) is 0. The van der Waals surface area contributed by atoms with Crippen LogP contribution >= 0.6 is 0 Å². The smallest absolute Gasteiger partial charge is 0.00726 e. The van der Waals surface area contributed by atoms with Gasteiger partial charge in [-0.3, -0.25) is 0 Å². The van der Waals surface area contributed by atoms with Crippen LogP contribution < -0.4 is 0 Å². The lowest BCUT2D eigenvalue weighted by Gasteiger charge is -2.22. The molecule has 0 atom stereocenters. The van der Waals surface area contributed by atoms with Gasteiger partial charge in [-0.1, -0.05) is 55.7 Å². The minimum Gasteiger partial charge on any atom is -0.0998 e. The molecule has 0 aromatic heterocycles. The fraction of sp³-hybridized carbons (Fsp3) is 0.500. The van der Waals surface area contributed by atoms with Crippen molar-refractivity contribution in [3.8, 4) is 0 Å². The molecule has 0 saturated heterocycles. The first-order valence-electron chi connectivity index (χ1n) is 6.49. The summed E-state index contributed by atoms with van der Waals surface area (Å²) in [5, 5.41) is 0. The average molecular weight is 214 g/mol. The van der Waals surface area contributed by atoms with Crippen LogP contribution in [0.5, 0.6) is 0 Å². The molecule has 0 heteroatoms. The van der Waals surface area contributed by atoms with E-state index in [2.05, 4.69) is 37.8 Å². The molecule has 0 N–H and O–H groups in total. The Labute approximate surface area is 99.4 Å². The highest BCUT2D eigenvalue weighted by molar-refractivity contribution is 5.27. The van der Waals surface area contributed by atoms with E-state index in [1.807, 2.05) is 0 Å². The lowest BCUT2D eigenvalue weighted by atomic mass is 9.84. The monoisotopic (exact) mass is 214 g/mol. The van der Waals surface area contributed by atoms with E-state index < -0.39 is 0 Å². The predicted octanol–water partition coefficient (Wildman–Crippen LogP) is 4.85. The van der Waals surface area contributed by atoms with Crippen molar-refractivity contribution in [1.29, 1.82) is 0 Å². The summed E-state index contributed by atoms with van der Waals surface area (Å²) < 4.78 is 0. The van der Waals surface area contributed by atoms with Crippen LogP contribution in [0.4, 0.5) is 0 Å². The molecule has 0 amide bonds. The average Bonchev–Trinajstić information content (AvgIpc) is 2.30. The van der Waals surface area contributed by atoms with Gasteiger partial charge in [0.15, 0.2) is 0 Å². The van der Waals surface area contributed by atoms with Crippen LogP contribution in [0.1, 0.15) is 56.1 Å². The molecule has 1 aliphatic carbocycles. The number of allylic oxidation sites excluding steroid dienone is 1. The maximum atomic E-state index is 3.96. The van der Waals surface area contributed by atoms with Gasteiger partial charge in [0.1, 0.15) is 0 Å². The van der Waals surface area contributed by atoms with E-state index in [4.69, 9.17) is 0 Å². The van der Waals surface area contributed by atoms with Crippen molar-refractivity contribution in [1.82, 2.24) is 0 Å². The third-order valence-electron chi connectivity index (χ3n) is 3.56. The summed E-state index contributed by atoms with van der Waals surface area (Å²) in [4.78, 5) is 0. The summed E-state index contributed by atoms with van der Waals surface area (Å²) >= 11 is 0. The van der Waals surface area contributed by atoms with E-state index in [0.29, 0.717) is 0 Å². The Balaban J connectivity index is 2.03. The molecule has 0 nitrogen and oxygen atoms in total. The Morgan fingerprint density at radius 2 is 1.75 bits per heavy atom. The van der Waals surface area contributed by atoms with Crippen LogP contribution in [-0.4, -0.2) is 0 Å². The van der Waals surface area contributed by atoms with Crippen molar-refractivity contribution < 1.29 is 0 Å². The number of benzene rings is 1. The highest BCUT2D eigenvalue weighted by Crippen LogP contribution is 2.32. The van der Waals surface area contributed by atoms with E-state index in [9.17, 15) is 0 Å². The van der Waals surface area contributed by atoms with Gasteiger partial charge in [-0.05, 0) is 43.2 Å². The zero-order valence-electron chi connectivity index (χ0n) is 10.3. The van der Waals surface area contributed by atoms with Gasteiger partial charge in [0, 0.05) is 0 Å². The van der Waals surface area contributed by atoms with Gasteiger partial charge >= 0.3 is 0 Å². The van der Waals surface area contributed by atoms with Crippen molar-refractivity contribution >= 4 is 0 Å². The van der Waals surface area contributed by atoms with Crippen molar-refractivity contribution in [2.75, 3.05) is 0 Å². The second-order valence-corrected chi connectivity index (χ2v) is 5.21. The van der Waals surface area contributed by atoms with Gasteiger partial charge in [-0.15, -0.1) is 0 Å². The van der Waals surface area contributed by atoms with Crippen molar-refractivity contribution in [2.24, 2.45) is 0 Å². The molecule has 2 rings (SSSR count). The molecule has 0 radical (unpaired) electrons. The summed E-state index contributed by atoms with van der Waals surface area (Å²) in [5.41, 5.74) is 4.18. The molecule has 1 aromatic carbocycles. The van der Waals surface area contributed by atoms with Crippen LogP contribution in [0.25, 0.3) is 0 Å². The first-order valence-corrected chi connectivity index (χ1v) is 6.49. The second kappa shape index (κ2) is 5.34. The van der Waals surface area contributed by atoms with Crippen LogP contribution in [-0.2, 0) is 6.42 Å². The zero-order valence-corrected chi connectivity index (χ0v) is 10.3. The first-order chi connectivity index (χ1) is 7.75. The SMILES string of the molecule is C=C(C)Cc1ccc(C2CCCCC2)cc1. The molecule has 16 heavy (non-hydrogen) atoms. The molecule has 0 heterocycles. The molecule has 86 valence electrons. The molecular formula is C16H22.